The molecule has 0 saturated heterocycles. The Morgan fingerprint density at radius 1 is 0.900 bits per heavy atom. The van der Waals surface area contributed by atoms with Crippen LogP contribution in [0, 0.1) is 0 Å². The number of halogens is 4. The van der Waals surface area contributed by atoms with Gasteiger partial charge in [0.1, 0.15) is 16.1 Å². The van der Waals surface area contributed by atoms with Gasteiger partial charge in [-0.3, -0.25) is 0 Å². The molecular formula is C30H27Cl2F2N2O4+. The van der Waals surface area contributed by atoms with Crippen molar-refractivity contribution in [1.82, 2.24) is 0 Å². The SMILES string of the molecule is COc1ccc([C@H](Cc2c(Cl)c[nH+]cc2Cl)OC(=O)c2ccc(CNc3cccc(C(F)F)c3)cc2)cc1OC. The fraction of sp³-hybridized carbons (Fsp3) is 0.200. The number of rotatable bonds is 11. The highest BCUT2D eigenvalue weighted by Crippen LogP contribution is 2.35. The Bertz CT molecular complexity index is 1450. The Hall–Kier alpha value is -3.88. The van der Waals surface area contributed by atoms with Crippen LogP contribution in [-0.4, -0.2) is 20.2 Å². The van der Waals surface area contributed by atoms with E-state index in [2.05, 4.69) is 10.3 Å². The standard InChI is InChI=1S/C30H26Cl2F2N2O4/c1-38-26-11-10-20(13-28(26)39-2)27(14-23-24(31)16-35-17-25(23)32)40-30(37)19-8-6-18(7-9-19)15-36-22-5-3-4-21(12-22)29(33)34/h3-13,16-17,27,29,36H,14-15H2,1-2H3/p+1/t27-/m0/s1. The summed E-state index contributed by atoms with van der Waals surface area (Å²) in [6, 6.07) is 18.2. The molecule has 1 aromatic heterocycles. The van der Waals surface area contributed by atoms with E-state index in [1.807, 2.05) is 0 Å². The van der Waals surface area contributed by atoms with Gasteiger partial charge in [-0.2, -0.15) is 0 Å². The summed E-state index contributed by atoms with van der Waals surface area (Å²) in [6.07, 6.45) is 0.141. The number of anilines is 1. The highest BCUT2D eigenvalue weighted by Gasteiger charge is 2.24. The van der Waals surface area contributed by atoms with Crippen LogP contribution in [-0.2, 0) is 17.7 Å². The van der Waals surface area contributed by atoms with E-state index in [1.165, 1.54) is 26.4 Å². The van der Waals surface area contributed by atoms with Crippen molar-refractivity contribution in [2.24, 2.45) is 0 Å². The second-order valence-electron chi connectivity index (χ2n) is 8.82. The third-order valence-electron chi connectivity index (χ3n) is 6.24. The van der Waals surface area contributed by atoms with Crippen LogP contribution < -0.4 is 19.8 Å². The maximum absolute atomic E-state index is 13.2. The van der Waals surface area contributed by atoms with Gasteiger partial charge in [0.2, 0.25) is 0 Å². The molecule has 208 valence electrons. The van der Waals surface area contributed by atoms with Crippen molar-refractivity contribution in [1.29, 1.82) is 0 Å². The average Bonchev–Trinajstić information content (AvgIpc) is 2.97. The minimum absolute atomic E-state index is 0.0525. The van der Waals surface area contributed by atoms with Gasteiger partial charge in [0, 0.05) is 29.8 Å². The number of hydrogen-bond donors (Lipinski definition) is 1. The number of nitrogens with one attached hydrogen (secondary N) is 2. The van der Waals surface area contributed by atoms with Crippen LogP contribution in [0.1, 0.15) is 45.1 Å². The molecule has 0 amide bonds. The molecule has 0 aliphatic rings. The molecule has 0 fully saturated rings. The molecule has 4 rings (SSSR count). The van der Waals surface area contributed by atoms with Crippen molar-refractivity contribution >= 4 is 34.9 Å². The number of aromatic amines is 1. The maximum atomic E-state index is 13.2. The lowest BCUT2D eigenvalue weighted by atomic mass is 10.0. The van der Waals surface area contributed by atoms with Gasteiger partial charge < -0.3 is 19.5 Å². The van der Waals surface area contributed by atoms with Crippen molar-refractivity contribution in [2.75, 3.05) is 19.5 Å². The second kappa shape index (κ2) is 13.5. The molecular weight excluding hydrogens is 561 g/mol. The van der Waals surface area contributed by atoms with Crippen molar-refractivity contribution in [3.8, 4) is 11.5 Å². The molecule has 0 spiro atoms. The summed E-state index contributed by atoms with van der Waals surface area (Å²) in [6.45, 7) is 0.387. The molecule has 0 unspecified atom stereocenters. The number of pyridine rings is 1. The fourth-order valence-electron chi connectivity index (χ4n) is 4.08. The smallest absolute Gasteiger partial charge is 0.338 e. The van der Waals surface area contributed by atoms with Crippen molar-refractivity contribution in [3.63, 3.8) is 0 Å². The van der Waals surface area contributed by atoms with Crippen molar-refractivity contribution in [3.05, 3.63) is 117 Å². The number of aromatic nitrogens is 1. The Balaban J connectivity index is 1.52. The highest BCUT2D eigenvalue weighted by atomic mass is 35.5. The summed E-state index contributed by atoms with van der Waals surface area (Å²) in [4.78, 5) is 16.1. The largest absolute Gasteiger partial charge is 0.493 e. The minimum atomic E-state index is -2.54. The average molecular weight is 588 g/mol. The quantitative estimate of drug-likeness (QED) is 0.184. The number of methoxy groups -OCH3 is 2. The van der Waals surface area contributed by atoms with E-state index >= 15 is 0 Å². The predicted molar refractivity (Wildman–Crippen MR) is 150 cm³/mol. The number of H-pyrrole nitrogens is 1. The van der Waals surface area contributed by atoms with Crippen LogP contribution in [0.3, 0.4) is 0 Å². The van der Waals surface area contributed by atoms with E-state index < -0.39 is 18.5 Å². The molecule has 0 radical (unpaired) electrons. The summed E-state index contributed by atoms with van der Waals surface area (Å²) in [5.41, 5.74) is 3.00. The first kappa shape index (κ1) is 29.1. The van der Waals surface area contributed by atoms with E-state index in [-0.39, 0.29) is 12.0 Å². The number of carbonyl (C=O) groups is 1. The number of ether oxygens (including phenoxy) is 3. The van der Waals surface area contributed by atoms with E-state index in [4.69, 9.17) is 37.4 Å². The molecule has 0 aliphatic heterocycles. The first-order chi connectivity index (χ1) is 19.3. The summed E-state index contributed by atoms with van der Waals surface area (Å²) in [7, 11) is 3.06. The number of benzene rings is 3. The molecule has 0 saturated carbocycles. The van der Waals surface area contributed by atoms with Crippen LogP contribution in [0.2, 0.25) is 10.0 Å². The highest BCUT2D eigenvalue weighted by molar-refractivity contribution is 6.35. The summed E-state index contributed by atoms with van der Waals surface area (Å²) < 4.78 is 42.7. The molecule has 1 heterocycles. The summed E-state index contributed by atoms with van der Waals surface area (Å²) >= 11 is 12.8. The van der Waals surface area contributed by atoms with Gasteiger partial charge in [0.15, 0.2) is 23.9 Å². The van der Waals surface area contributed by atoms with Gasteiger partial charge in [-0.15, -0.1) is 0 Å². The Morgan fingerprint density at radius 3 is 2.25 bits per heavy atom. The molecule has 2 N–H and O–H groups in total. The number of hydrogen-bond acceptors (Lipinski definition) is 5. The third-order valence-corrected chi connectivity index (χ3v) is 6.91. The first-order valence-electron chi connectivity index (χ1n) is 12.3. The van der Waals surface area contributed by atoms with Gasteiger partial charge in [0.05, 0.1) is 19.8 Å². The predicted octanol–water partition coefficient (Wildman–Crippen LogP) is 7.52. The Kier molecular flexibility index (Phi) is 9.79. The maximum Gasteiger partial charge on any atom is 0.338 e. The number of alkyl halides is 2. The zero-order valence-electron chi connectivity index (χ0n) is 21.7. The first-order valence-corrected chi connectivity index (χ1v) is 13.0. The lowest BCUT2D eigenvalue weighted by Crippen LogP contribution is -2.16. The molecule has 0 bridgehead atoms. The molecule has 3 aromatic carbocycles. The number of carbonyl (C=O) groups excluding carboxylic acids is 1. The van der Waals surface area contributed by atoms with Crippen LogP contribution >= 0.6 is 23.2 Å². The topological polar surface area (TPSA) is 70.9 Å². The summed E-state index contributed by atoms with van der Waals surface area (Å²) in [5.74, 6) is 0.473. The Morgan fingerprint density at radius 2 is 1.60 bits per heavy atom. The van der Waals surface area contributed by atoms with Crippen LogP contribution in [0.25, 0.3) is 0 Å². The van der Waals surface area contributed by atoms with E-state index in [0.717, 1.165) is 5.56 Å². The molecule has 10 heteroatoms. The van der Waals surface area contributed by atoms with E-state index in [0.29, 0.717) is 50.5 Å². The third kappa shape index (κ3) is 7.20. The molecule has 0 aliphatic carbocycles. The fourth-order valence-corrected chi connectivity index (χ4v) is 4.61. The lowest BCUT2D eigenvalue weighted by molar-refractivity contribution is -0.377. The van der Waals surface area contributed by atoms with E-state index in [1.54, 1.807) is 67.0 Å². The molecule has 4 aromatic rings. The second-order valence-corrected chi connectivity index (χ2v) is 9.63. The molecule has 40 heavy (non-hydrogen) atoms. The Labute approximate surface area is 240 Å². The van der Waals surface area contributed by atoms with Gasteiger partial charge in [-0.25, -0.2) is 18.6 Å². The monoisotopic (exact) mass is 587 g/mol. The van der Waals surface area contributed by atoms with Gasteiger partial charge >= 0.3 is 5.97 Å². The normalized spacial score (nSPS) is 11.7. The van der Waals surface area contributed by atoms with Crippen molar-refractivity contribution < 1.29 is 32.8 Å². The van der Waals surface area contributed by atoms with Crippen LogP contribution in [0.5, 0.6) is 11.5 Å². The zero-order valence-corrected chi connectivity index (χ0v) is 23.2. The number of esters is 1. The van der Waals surface area contributed by atoms with Gasteiger partial charge in [-0.05, 0) is 47.5 Å². The van der Waals surface area contributed by atoms with E-state index in [9.17, 15) is 13.6 Å². The van der Waals surface area contributed by atoms with Gasteiger partial charge in [-0.1, -0.05) is 53.5 Å². The lowest BCUT2D eigenvalue weighted by Gasteiger charge is -2.20. The van der Waals surface area contributed by atoms with Crippen molar-refractivity contribution in [2.45, 2.75) is 25.5 Å². The minimum Gasteiger partial charge on any atom is -0.493 e. The van der Waals surface area contributed by atoms with Gasteiger partial charge in [0.25, 0.3) is 6.43 Å². The van der Waals surface area contributed by atoms with Crippen LogP contribution in [0.4, 0.5) is 14.5 Å². The zero-order chi connectivity index (χ0) is 28.6. The molecule has 1 atom stereocenters. The molecule has 6 nitrogen and oxygen atoms in total. The summed E-state index contributed by atoms with van der Waals surface area (Å²) in [5, 5.41) is 3.93. The van der Waals surface area contributed by atoms with Crippen LogP contribution in [0.15, 0.2) is 79.1 Å².